The molecule has 0 aliphatic carbocycles. The molecule has 0 saturated carbocycles. The van der Waals surface area contributed by atoms with E-state index in [1.54, 1.807) is 11.4 Å². The maximum absolute atomic E-state index is 11.2. The smallest absolute Gasteiger partial charge is 0.340 e. The predicted octanol–water partition coefficient (Wildman–Crippen LogP) is 1.66. The third-order valence-corrected chi connectivity index (χ3v) is 2.32. The molecule has 0 radical (unpaired) electrons. The molecule has 0 aromatic carbocycles. The predicted molar refractivity (Wildman–Crippen MR) is 54.5 cm³/mol. The Bertz CT molecular complexity index is 370. The van der Waals surface area contributed by atoms with Gasteiger partial charge in [-0.3, -0.25) is 4.79 Å². The van der Waals surface area contributed by atoms with Gasteiger partial charge in [-0.2, -0.15) is 0 Å². The van der Waals surface area contributed by atoms with Crippen molar-refractivity contribution < 1.29 is 14.3 Å². The number of rotatable bonds is 3. The fraction of sp³-hybridized carbons (Fsp3) is 0.111. The van der Waals surface area contributed by atoms with Crippen LogP contribution in [0.15, 0.2) is 24.1 Å². The molecule has 0 atom stereocenters. The second-order valence-electron chi connectivity index (χ2n) is 2.35. The van der Waals surface area contributed by atoms with E-state index in [2.05, 4.69) is 16.6 Å². The van der Waals surface area contributed by atoms with Gasteiger partial charge in [0, 0.05) is 0 Å². The van der Waals surface area contributed by atoms with Crippen LogP contribution < -0.4 is 5.32 Å². The first-order valence-electron chi connectivity index (χ1n) is 3.78. The highest BCUT2D eigenvalue weighted by Gasteiger charge is 2.13. The molecule has 74 valence electrons. The summed E-state index contributed by atoms with van der Waals surface area (Å²) in [5.41, 5.74) is 0.354. The highest BCUT2D eigenvalue weighted by atomic mass is 32.1. The Morgan fingerprint density at radius 3 is 2.93 bits per heavy atom. The molecular weight excluding hydrogens is 202 g/mol. The van der Waals surface area contributed by atoms with Crippen LogP contribution in [-0.4, -0.2) is 19.0 Å². The minimum absolute atomic E-state index is 0.349. The molecule has 1 aromatic rings. The van der Waals surface area contributed by atoms with Gasteiger partial charge in [0.1, 0.15) is 5.00 Å². The fourth-order valence-electron chi connectivity index (χ4n) is 0.840. The monoisotopic (exact) mass is 211 g/mol. The standard InChI is InChI=1S/C9H9NO3S/c1-3-7(11)10-8-6(4-5-14-8)9(12)13-2/h3-5H,1H2,2H3,(H,10,11). The first-order valence-corrected chi connectivity index (χ1v) is 4.66. The second kappa shape index (κ2) is 4.57. The number of ether oxygens (including phenoxy) is 1. The van der Waals surface area contributed by atoms with E-state index in [0.29, 0.717) is 10.6 Å². The first kappa shape index (κ1) is 10.5. The second-order valence-corrected chi connectivity index (χ2v) is 3.26. The molecular formula is C9H9NO3S. The summed E-state index contributed by atoms with van der Waals surface area (Å²) >= 11 is 1.26. The lowest BCUT2D eigenvalue weighted by Gasteiger charge is -2.01. The van der Waals surface area contributed by atoms with Crippen molar-refractivity contribution in [1.29, 1.82) is 0 Å². The third kappa shape index (κ3) is 2.20. The minimum atomic E-state index is -0.467. The summed E-state index contributed by atoms with van der Waals surface area (Å²) in [6, 6.07) is 1.59. The summed E-state index contributed by atoms with van der Waals surface area (Å²) in [7, 11) is 1.29. The van der Waals surface area contributed by atoms with Crippen molar-refractivity contribution in [2.24, 2.45) is 0 Å². The van der Waals surface area contributed by atoms with Gasteiger partial charge in [-0.05, 0) is 17.5 Å². The summed E-state index contributed by atoms with van der Waals surface area (Å²) in [5.74, 6) is -0.816. The van der Waals surface area contributed by atoms with Gasteiger partial charge in [-0.1, -0.05) is 6.58 Å². The number of carbonyl (C=O) groups is 2. The molecule has 0 spiro atoms. The molecule has 14 heavy (non-hydrogen) atoms. The summed E-state index contributed by atoms with van der Waals surface area (Å²) in [6.07, 6.45) is 1.14. The van der Waals surface area contributed by atoms with Crippen LogP contribution >= 0.6 is 11.3 Å². The molecule has 0 aliphatic rings. The van der Waals surface area contributed by atoms with Gasteiger partial charge in [0.2, 0.25) is 5.91 Å². The van der Waals surface area contributed by atoms with Crippen molar-refractivity contribution in [2.75, 3.05) is 12.4 Å². The van der Waals surface area contributed by atoms with Gasteiger partial charge < -0.3 is 10.1 Å². The van der Waals surface area contributed by atoms with Gasteiger partial charge in [-0.15, -0.1) is 11.3 Å². The Morgan fingerprint density at radius 1 is 1.64 bits per heavy atom. The Balaban J connectivity index is 2.87. The summed E-state index contributed by atoms with van der Waals surface area (Å²) in [6.45, 7) is 3.31. The number of hydrogen-bond donors (Lipinski definition) is 1. The zero-order valence-electron chi connectivity index (χ0n) is 7.57. The normalized spacial score (nSPS) is 9.21. The first-order chi connectivity index (χ1) is 6.69. The Labute approximate surface area is 85.2 Å². The molecule has 0 bridgehead atoms. The molecule has 4 nitrogen and oxygen atoms in total. The molecule has 1 N–H and O–H groups in total. The number of methoxy groups -OCH3 is 1. The van der Waals surface area contributed by atoms with Crippen molar-refractivity contribution in [1.82, 2.24) is 0 Å². The number of hydrogen-bond acceptors (Lipinski definition) is 4. The molecule has 0 aliphatic heterocycles. The summed E-state index contributed by atoms with van der Waals surface area (Å²) in [4.78, 5) is 22.1. The van der Waals surface area contributed by atoms with E-state index in [1.165, 1.54) is 18.4 Å². The SMILES string of the molecule is C=CC(=O)Nc1sccc1C(=O)OC. The van der Waals surface area contributed by atoms with Gasteiger partial charge in [0.15, 0.2) is 0 Å². The molecule has 0 saturated heterocycles. The van der Waals surface area contributed by atoms with E-state index in [9.17, 15) is 9.59 Å². The van der Waals surface area contributed by atoms with Gasteiger partial charge in [0.05, 0.1) is 12.7 Å². The number of esters is 1. The van der Waals surface area contributed by atoms with E-state index in [1.807, 2.05) is 0 Å². The average Bonchev–Trinajstić information content (AvgIpc) is 2.64. The molecule has 1 aromatic heterocycles. The third-order valence-electron chi connectivity index (χ3n) is 1.49. The zero-order chi connectivity index (χ0) is 10.6. The van der Waals surface area contributed by atoms with Crippen molar-refractivity contribution >= 4 is 28.2 Å². The molecule has 1 heterocycles. The van der Waals surface area contributed by atoms with Crippen LogP contribution in [0.3, 0.4) is 0 Å². The summed E-state index contributed by atoms with van der Waals surface area (Å²) < 4.78 is 4.54. The van der Waals surface area contributed by atoms with Crippen LogP contribution in [0.25, 0.3) is 0 Å². The largest absolute Gasteiger partial charge is 0.465 e. The zero-order valence-corrected chi connectivity index (χ0v) is 8.39. The molecule has 5 heteroatoms. The van der Waals surface area contributed by atoms with Crippen LogP contribution in [0.4, 0.5) is 5.00 Å². The lowest BCUT2D eigenvalue weighted by molar-refractivity contribution is -0.111. The van der Waals surface area contributed by atoms with Crippen molar-refractivity contribution in [3.8, 4) is 0 Å². The Kier molecular flexibility index (Phi) is 3.41. The van der Waals surface area contributed by atoms with E-state index < -0.39 is 5.97 Å². The molecule has 0 unspecified atom stereocenters. The minimum Gasteiger partial charge on any atom is -0.465 e. The van der Waals surface area contributed by atoms with Gasteiger partial charge in [-0.25, -0.2) is 4.79 Å². The molecule has 1 amide bonds. The Hall–Kier alpha value is -1.62. The van der Waals surface area contributed by atoms with Crippen molar-refractivity contribution in [3.63, 3.8) is 0 Å². The maximum Gasteiger partial charge on any atom is 0.340 e. The van der Waals surface area contributed by atoms with Crippen LogP contribution in [-0.2, 0) is 9.53 Å². The highest BCUT2D eigenvalue weighted by Crippen LogP contribution is 2.23. The number of anilines is 1. The van der Waals surface area contributed by atoms with E-state index in [0.717, 1.165) is 6.08 Å². The van der Waals surface area contributed by atoms with Gasteiger partial charge in [0.25, 0.3) is 0 Å². The summed E-state index contributed by atoms with van der Waals surface area (Å²) in [5, 5.41) is 4.69. The van der Waals surface area contributed by atoms with Crippen LogP contribution in [0, 0.1) is 0 Å². The fourth-order valence-corrected chi connectivity index (χ4v) is 1.62. The lowest BCUT2D eigenvalue weighted by Crippen LogP contribution is -2.10. The quantitative estimate of drug-likeness (QED) is 0.611. The number of carbonyl (C=O) groups excluding carboxylic acids is 2. The lowest BCUT2D eigenvalue weighted by atomic mass is 10.3. The Morgan fingerprint density at radius 2 is 2.36 bits per heavy atom. The molecule has 0 fully saturated rings. The number of nitrogens with one attached hydrogen (secondary N) is 1. The van der Waals surface area contributed by atoms with Crippen molar-refractivity contribution in [2.45, 2.75) is 0 Å². The van der Waals surface area contributed by atoms with E-state index >= 15 is 0 Å². The van der Waals surface area contributed by atoms with Crippen LogP contribution in [0.2, 0.25) is 0 Å². The average molecular weight is 211 g/mol. The molecule has 1 rings (SSSR count). The van der Waals surface area contributed by atoms with Crippen molar-refractivity contribution in [3.05, 3.63) is 29.7 Å². The number of amides is 1. The van der Waals surface area contributed by atoms with E-state index in [4.69, 9.17) is 0 Å². The number of thiophene rings is 1. The van der Waals surface area contributed by atoms with Gasteiger partial charge >= 0.3 is 5.97 Å². The maximum atomic E-state index is 11.2. The van der Waals surface area contributed by atoms with Crippen LogP contribution in [0.1, 0.15) is 10.4 Å². The highest BCUT2D eigenvalue weighted by molar-refractivity contribution is 7.14. The van der Waals surface area contributed by atoms with E-state index in [-0.39, 0.29) is 5.91 Å². The van der Waals surface area contributed by atoms with Crippen LogP contribution in [0.5, 0.6) is 0 Å². The topological polar surface area (TPSA) is 55.4 Å².